The number of hydrogen-bond donors (Lipinski definition) is 0. The molecule has 1 rings (SSSR count). The van der Waals surface area contributed by atoms with Gasteiger partial charge in [-0.25, -0.2) is 0 Å². The molecule has 0 amide bonds. The fourth-order valence-electron chi connectivity index (χ4n) is 1.06. The van der Waals surface area contributed by atoms with Crippen molar-refractivity contribution in [1.29, 1.82) is 0 Å². The molecule has 0 bridgehead atoms. The largest absolute Gasteiger partial charge is 0.359 e. The molecule has 72 valence electrons. The first kappa shape index (κ1) is 10.7. The van der Waals surface area contributed by atoms with E-state index in [0.29, 0.717) is 6.79 Å². The van der Waals surface area contributed by atoms with Gasteiger partial charge >= 0.3 is 0 Å². The number of methoxy groups -OCH3 is 1. The Labute approximate surface area is 87.0 Å². The molecule has 1 atom stereocenters. The van der Waals surface area contributed by atoms with Gasteiger partial charge in [-0.3, -0.25) is 0 Å². The van der Waals surface area contributed by atoms with Crippen LogP contribution in [0, 0.1) is 0 Å². The van der Waals surface area contributed by atoms with Crippen LogP contribution < -0.4 is 0 Å². The summed E-state index contributed by atoms with van der Waals surface area (Å²) < 4.78 is 11.3. The van der Waals surface area contributed by atoms with Crippen molar-refractivity contribution in [3.8, 4) is 0 Å². The molecule has 0 aromatic heterocycles. The normalized spacial score (nSPS) is 12.8. The van der Waals surface area contributed by atoms with Gasteiger partial charge in [0.05, 0.1) is 6.10 Å². The van der Waals surface area contributed by atoms with Crippen molar-refractivity contribution in [1.82, 2.24) is 0 Å². The summed E-state index contributed by atoms with van der Waals surface area (Å²) in [5, 5.41) is 0. The zero-order valence-corrected chi connectivity index (χ0v) is 9.37. The first-order chi connectivity index (χ1) is 6.25. The van der Waals surface area contributed by atoms with Crippen LogP contribution >= 0.6 is 15.9 Å². The average Bonchev–Trinajstić information content (AvgIpc) is 2.15. The maximum Gasteiger partial charge on any atom is 0.147 e. The lowest BCUT2D eigenvalue weighted by Gasteiger charge is -2.13. The quantitative estimate of drug-likeness (QED) is 0.758. The Morgan fingerprint density at radius 3 is 2.69 bits per heavy atom. The summed E-state index contributed by atoms with van der Waals surface area (Å²) in [6.45, 7) is 2.32. The molecule has 0 saturated heterocycles. The van der Waals surface area contributed by atoms with Crippen molar-refractivity contribution in [2.24, 2.45) is 0 Å². The minimum atomic E-state index is 0.0514. The first-order valence-electron chi connectivity index (χ1n) is 4.10. The van der Waals surface area contributed by atoms with Gasteiger partial charge < -0.3 is 9.47 Å². The Bertz CT molecular complexity index is 263. The van der Waals surface area contributed by atoms with Crippen LogP contribution in [-0.4, -0.2) is 13.9 Å². The number of rotatable bonds is 4. The van der Waals surface area contributed by atoms with Crippen LogP contribution in [-0.2, 0) is 9.47 Å². The van der Waals surface area contributed by atoms with Gasteiger partial charge in [0, 0.05) is 11.6 Å². The zero-order chi connectivity index (χ0) is 9.68. The van der Waals surface area contributed by atoms with Crippen molar-refractivity contribution in [2.75, 3.05) is 13.9 Å². The highest BCUT2D eigenvalue weighted by Gasteiger charge is 2.07. The van der Waals surface area contributed by atoms with E-state index in [1.165, 1.54) is 0 Å². The summed E-state index contributed by atoms with van der Waals surface area (Å²) in [7, 11) is 1.62. The molecule has 1 unspecified atom stereocenters. The van der Waals surface area contributed by atoms with Gasteiger partial charge in [-0.2, -0.15) is 0 Å². The zero-order valence-electron chi connectivity index (χ0n) is 7.79. The molecular weight excluding hydrogens is 232 g/mol. The SMILES string of the molecule is COCOC(C)c1ccccc1Br. The summed E-state index contributed by atoms with van der Waals surface area (Å²) >= 11 is 3.47. The van der Waals surface area contributed by atoms with E-state index in [4.69, 9.17) is 9.47 Å². The van der Waals surface area contributed by atoms with E-state index in [1.54, 1.807) is 7.11 Å². The van der Waals surface area contributed by atoms with Crippen molar-refractivity contribution in [3.63, 3.8) is 0 Å². The highest BCUT2D eigenvalue weighted by Crippen LogP contribution is 2.24. The van der Waals surface area contributed by atoms with Gasteiger partial charge in [-0.05, 0) is 18.6 Å². The summed E-state index contributed by atoms with van der Waals surface area (Å²) in [4.78, 5) is 0. The van der Waals surface area contributed by atoms with Crippen LogP contribution in [0.25, 0.3) is 0 Å². The number of ether oxygens (including phenoxy) is 2. The van der Waals surface area contributed by atoms with Gasteiger partial charge in [0.25, 0.3) is 0 Å². The number of benzene rings is 1. The topological polar surface area (TPSA) is 18.5 Å². The molecule has 1 aromatic rings. The van der Waals surface area contributed by atoms with E-state index < -0.39 is 0 Å². The third kappa shape index (κ3) is 3.10. The molecule has 3 heteroatoms. The van der Waals surface area contributed by atoms with E-state index in [2.05, 4.69) is 15.9 Å². The van der Waals surface area contributed by atoms with E-state index in [1.807, 2.05) is 31.2 Å². The maximum atomic E-state index is 5.41. The Hall–Kier alpha value is -0.380. The van der Waals surface area contributed by atoms with Crippen LogP contribution in [0.4, 0.5) is 0 Å². The molecule has 0 radical (unpaired) electrons. The van der Waals surface area contributed by atoms with Crippen LogP contribution in [0.2, 0.25) is 0 Å². The Morgan fingerprint density at radius 2 is 2.08 bits per heavy atom. The van der Waals surface area contributed by atoms with Gasteiger partial charge in [-0.15, -0.1) is 0 Å². The molecule has 2 nitrogen and oxygen atoms in total. The Balaban J connectivity index is 2.65. The van der Waals surface area contributed by atoms with Crippen LogP contribution in [0.5, 0.6) is 0 Å². The van der Waals surface area contributed by atoms with Crippen molar-refractivity contribution in [3.05, 3.63) is 34.3 Å². The summed E-state index contributed by atoms with van der Waals surface area (Å²) in [5.41, 5.74) is 1.14. The van der Waals surface area contributed by atoms with E-state index in [9.17, 15) is 0 Å². The molecule has 0 N–H and O–H groups in total. The predicted octanol–water partition coefficient (Wildman–Crippen LogP) is 3.13. The van der Waals surface area contributed by atoms with Gasteiger partial charge in [-0.1, -0.05) is 34.1 Å². The summed E-state index contributed by atoms with van der Waals surface area (Å²) in [6.07, 6.45) is 0.0514. The molecule has 0 fully saturated rings. The molecule has 1 aromatic carbocycles. The monoisotopic (exact) mass is 244 g/mol. The lowest BCUT2D eigenvalue weighted by molar-refractivity contribution is -0.0668. The van der Waals surface area contributed by atoms with E-state index >= 15 is 0 Å². The van der Waals surface area contributed by atoms with E-state index in [0.717, 1.165) is 10.0 Å². The van der Waals surface area contributed by atoms with Crippen LogP contribution in [0.3, 0.4) is 0 Å². The fraction of sp³-hybridized carbons (Fsp3) is 0.400. The highest BCUT2D eigenvalue weighted by molar-refractivity contribution is 9.10. The molecular formula is C10H13BrO2. The van der Waals surface area contributed by atoms with Crippen LogP contribution in [0.15, 0.2) is 28.7 Å². The molecule has 0 aliphatic rings. The first-order valence-corrected chi connectivity index (χ1v) is 4.90. The molecule has 0 heterocycles. The summed E-state index contributed by atoms with van der Waals surface area (Å²) in [6, 6.07) is 8.01. The predicted molar refractivity (Wildman–Crippen MR) is 55.5 cm³/mol. The second kappa shape index (κ2) is 5.37. The average molecular weight is 245 g/mol. The van der Waals surface area contributed by atoms with E-state index in [-0.39, 0.29) is 6.10 Å². The second-order valence-corrected chi connectivity index (χ2v) is 3.59. The smallest absolute Gasteiger partial charge is 0.147 e. The van der Waals surface area contributed by atoms with Gasteiger partial charge in [0.2, 0.25) is 0 Å². The molecule has 0 spiro atoms. The lowest BCUT2D eigenvalue weighted by atomic mass is 10.1. The second-order valence-electron chi connectivity index (χ2n) is 2.74. The third-order valence-corrected chi connectivity index (χ3v) is 2.50. The number of halogens is 1. The maximum absolute atomic E-state index is 5.41. The minimum Gasteiger partial charge on any atom is -0.359 e. The molecule has 0 saturated carbocycles. The van der Waals surface area contributed by atoms with Crippen molar-refractivity contribution >= 4 is 15.9 Å². The van der Waals surface area contributed by atoms with Crippen LogP contribution in [0.1, 0.15) is 18.6 Å². The Morgan fingerprint density at radius 1 is 1.38 bits per heavy atom. The van der Waals surface area contributed by atoms with Crippen molar-refractivity contribution < 1.29 is 9.47 Å². The highest BCUT2D eigenvalue weighted by atomic mass is 79.9. The standard InChI is InChI=1S/C10H13BrO2/c1-8(13-7-12-2)9-5-3-4-6-10(9)11/h3-6,8H,7H2,1-2H3. The Kier molecular flexibility index (Phi) is 4.42. The minimum absolute atomic E-state index is 0.0514. The number of hydrogen-bond acceptors (Lipinski definition) is 2. The molecule has 0 aliphatic heterocycles. The van der Waals surface area contributed by atoms with Gasteiger partial charge in [0.1, 0.15) is 6.79 Å². The molecule has 0 aliphatic carbocycles. The lowest BCUT2D eigenvalue weighted by Crippen LogP contribution is -2.03. The van der Waals surface area contributed by atoms with Gasteiger partial charge in [0.15, 0.2) is 0 Å². The molecule has 13 heavy (non-hydrogen) atoms. The fourth-order valence-corrected chi connectivity index (χ4v) is 1.67. The third-order valence-electron chi connectivity index (χ3n) is 1.78. The summed E-state index contributed by atoms with van der Waals surface area (Å²) in [5.74, 6) is 0. The van der Waals surface area contributed by atoms with Crippen molar-refractivity contribution in [2.45, 2.75) is 13.0 Å².